The molecule has 25 heavy (non-hydrogen) atoms. The van der Waals surface area contributed by atoms with Gasteiger partial charge in [0.05, 0.1) is 17.8 Å². The molecule has 2 aromatic rings. The van der Waals surface area contributed by atoms with E-state index in [9.17, 15) is 14.7 Å². The molecule has 1 aliphatic heterocycles. The zero-order valence-electron chi connectivity index (χ0n) is 14.7. The number of aliphatic hydroxyl groups excluding tert-OH is 1. The molecule has 1 saturated heterocycles. The van der Waals surface area contributed by atoms with Gasteiger partial charge in [-0.15, -0.1) is 0 Å². The molecule has 0 aliphatic carbocycles. The van der Waals surface area contributed by atoms with Crippen LogP contribution in [0.15, 0.2) is 21.9 Å². The topological polar surface area (TPSA) is 107 Å². The Hall–Kier alpha value is -2.19. The molecule has 2 atom stereocenters. The molecule has 0 spiro atoms. The zero-order valence-corrected chi connectivity index (χ0v) is 14.7. The summed E-state index contributed by atoms with van der Waals surface area (Å²) in [7, 11) is 0. The zero-order chi connectivity index (χ0) is 18.0. The molecule has 0 unspecified atom stereocenters. The summed E-state index contributed by atoms with van der Waals surface area (Å²) in [5, 5.41) is 10.5. The SMILES string of the molecule is CCc1nc(CN2CC[C@H](O)[C@@H](n3ccc(=O)[nH]c3=O)CC2)c(C)[nH]1. The molecule has 0 amide bonds. The van der Waals surface area contributed by atoms with Crippen LogP contribution in [-0.2, 0) is 13.0 Å². The second kappa shape index (κ2) is 7.37. The van der Waals surface area contributed by atoms with Crippen LogP contribution in [0.4, 0.5) is 0 Å². The number of likely N-dealkylation sites (tertiary alicyclic amines) is 1. The van der Waals surface area contributed by atoms with Crippen molar-refractivity contribution in [2.45, 2.75) is 51.8 Å². The van der Waals surface area contributed by atoms with E-state index < -0.39 is 17.4 Å². The molecule has 0 radical (unpaired) electrons. The van der Waals surface area contributed by atoms with E-state index in [0.29, 0.717) is 12.8 Å². The van der Waals surface area contributed by atoms with Crippen molar-refractivity contribution < 1.29 is 5.11 Å². The van der Waals surface area contributed by atoms with Gasteiger partial charge >= 0.3 is 5.69 Å². The van der Waals surface area contributed by atoms with Gasteiger partial charge in [-0.1, -0.05) is 6.92 Å². The summed E-state index contributed by atoms with van der Waals surface area (Å²) >= 11 is 0. The minimum atomic E-state index is -0.625. The maximum Gasteiger partial charge on any atom is 0.328 e. The molecule has 1 fully saturated rings. The highest BCUT2D eigenvalue weighted by Gasteiger charge is 2.27. The summed E-state index contributed by atoms with van der Waals surface area (Å²) in [5.41, 5.74) is 1.22. The van der Waals surface area contributed by atoms with Crippen molar-refractivity contribution in [2.24, 2.45) is 0 Å². The van der Waals surface area contributed by atoms with E-state index >= 15 is 0 Å². The van der Waals surface area contributed by atoms with Crippen LogP contribution in [-0.4, -0.2) is 48.7 Å². The van der Waals surface area contributed by atoms with Gasteiger partial charge in [-0.05, 0) is 19.8 Å². The molecule has 3 rings (SSSR count). The normalized spacial score (nSPS) is 22.0. The maximum absolute atomic E-state index is 12.0. The van der Waals surface area contributed by atoms with Gasteiger partial charge in [0.1, 0.15) is 5.82 Å². The molecule has 8 heteroatoms. The molecule has 1 aliphatic rings. The van der Waals surface area contributed by atoms with Gasteiger partial charge in [-0.25, -0.2) is 9.78 Å². The van der Waals surface area contributed by atoms with Gasteiger partial charge in [0.15, 0.2) is 0 Å². The predicted molar refractivity (Wildman–Crippen MR) is 93.6 cm³/mol. The van der Waals surface area contributed by atoms with E-state index in [-0.39, 0.29) is 6.04 Å². The van der Waals surface area contributed by atoms with Crippen LogP contribution in [0.25, 0.3) is 0 Å². The number of rotatable bonds is 4. The number of aromatic nitrogens is 4. The number of hydrogen-bond donors (Lipinski definition) is 3. The van der Waals surface area contributed by atoms with E-state index in [1.165, 1.54) is 16.8 Å². The van der Waals surface area contributed by atoms with Crippen LogP contribution >= 0.6 is 0 Å². The summed E-state index contributed by atoms with van der Waals surface area (Å²) in [4.78, 5) is 35.7. The summed E-state index contributed by atoms with van der Waals surface area (Å²) in [5.74, 6) is 0.986. The van der Waals surface area contributed by atoms with E-state index in [2.05, 4.69) is 26.8 Å². The number of aryl methyl sites for hydroxylation is 2. The molecule has 0 bridgehead atoms. The van der Waals surface area contributed by atoms with Crippen molar-refractivity contribution >= 4 is 0 Å². The Morgan fingerprint density at radius 2 is 2.04 bits per heavy atom. The van der Waals surface area contributed by atoms with E-state index in [0.717, 1.165) is 43.3 Å². The highest BCUT2D eigenvalue weighted by atomic mass is 16.3. The Kier molecular flexibility index (Phi) is 5.19. The van der Waals surface area contributed by atoms with Crippen LogP contribution in [0.5, 0.6) is 0 Å². The van der Waals surface area contributed by atoms with E-state index in [1.54, 1.807) is 0 Å². The van der Waals surface area contributed by atoms with Gasteiger partial charge in [0.2, 0.25) is 0 Å². The lowest BCUT2D eigenvalue weighted by Crippen LogP contribution is -2.36. The van der Waals surface area contributed by atoms with Crippen molar-refractivity contribution in [1.29, 1.82) is 0 Å². The molecule has 2 aromatic heterocycles. The average Bonchev–Trinajstić information content (AvgIpc) is 2.83. The molecule has 0 saturated carbocycles. The third-order valence-electron chi connectivity index (χ3n) is 4.88. The lowest BCUT2D eigenvalue weighted by atomic mass is 10.1. The first-order valence-electron chi connectivity index (χ1n) is 8.74. The van der Waals surface area contributed by atoms with Crippen LogP contribution < -0.4 is 11.2 Å². The fraction of sp³-hybridized carbons (Fsp3) is 0.588. The van der Waals surface area contributed by atoms with E-state index in [4.69, 9.17) is 0 Å². The van der Waals surface area contributed by atoms with Crippen molar-refractivity contribution in [1.82, 2.24) is 24.4 Å². The highest BCUT2D eigenvalue weighted by molar-refractivity contribution is 5.13. The molecular formula is C17H25N5O3. The molecule has 0 aromatic carbocycles. The highest BCUT2D eigenvalue weighted by Crippen LogP contribution is 2.23. The smallest absolute Gasteiger partial charge is 0.328 e. The van der Waals surface area contributed by atoms with Crippen molar-refractivity contribution in [2.75, 3.05) is 13.1 Å². The Morgan fingerprint density at radius 3 is 2.72 bits per heavy atom. The molecule has 8 nitrogen and oxygen atoms in total. The second-order valence-corrected chi connectivity index (χ2v) is 6.61. The Morgan fingerprint density at radius 1 is 1.28 bits per heavy atom. The predicted octanol–water partition coefficient (Wildman–Crippen LogP) is 0.329. The van der Waals surface area contributed by atoms with Crippen LogP contribution in [0.3, 0.4) is 0 Å². The Balaban J connectivity index is 1.73. The van der Waals surface area contributed by atoms with Gasteiger partial charge in [0, 0.05) is 44.0 Å². The largest absolute Gasteiger partial charge is 0.391 e. The maximum atomic E-state index is 12.0. The monoisotopic (exact) mass is 347 g/mol. The number of aromatic amines is 2. The summed E-state index contributed by atoms with van der Waals surface area (Å²) in [6.45, 7) is 6.31. The number of nitrogens with zero attached hydrogens (tertiary/aromatic N) is 3. The molecule has 3 heterocycles. The number of hydrogen-bond acceptors (Lipinski definition) is 5. The quantitative estimate of drug-likeness (QED) is 0.739. The van der Waals surface area contributed by atoms with Gasteiger partial charge < -0.3 is 10.1 Å². The van der Waals surface area contributed by atoms with Crippen LogP contribution in [0, 0.1) is 6.92 Å². The minimum absolute atomic E-state index is 0.333. The number of H-pyrrole nitrogens is 2. The summed E-state index contributed by atoms with van der Waals surface area (Å²) in [6.07, 6.45) is 2.92. The second-order valence-electron chi connectivity index (χ2n) is 6.61. The number of imidazole rings is 1. The lowest BCUT2D eigenvalue weighted by Gasteiger charge is -2.22. The van der Waals surface area contributed by atoms with Gasteiger partial charge in [0.25, 0.3) is 5.56 Å². The third kappa shape index (κ3) is 3.91. The summed E-state index contributed by atoms with van der Waals surface area (Å²) in [6, 6.07) is 0.983. The van der Waals surface area contributed by atoms with Crippen LogP contribution in [0.1, 0.15) is 43.0 Å². The third-order valence-corrected chi connectivity index (χ3v) is 4.88. The number of nitrogens with one attached hydrogen (secondary N) is 2. The average molecular weight is 347 g/mol. The van der Waals surface area contributed by atoms with Gasteiger partial charge in [-0.2, -0.15) is 0 Å². The van der Waals surface area contributed by atoms with Crippen molar-refractivity contribution in [3.8, 4) is 0 Å². The van der Waals surface area contributed by atoms with Crippen molar-refractivity contribution in [3.05, 3.63) is 50.3 Å². The minimum Gasteiger partial charge on any atom is -0.391 e. The van der Waals surface area contributed by atoms with Crippen LogP contribution in [0.2, 0.25) is 0 Å². The Labute approximate surface area is 145 Å². The molecular weight excluding hydrogens is 322 g/mol. The molecule has 3 N–H and O–H groups in total. The van der Waals surface area contributed by atoms with E-state index in [1.807, 2.05) is 6.92 Å². The lowest BCUT2D eigenvalue weighted by molar-refractivity contribution is 0.105. The first kappa shape index (κ1) is 17.6. The first-order valence-corrected chi connectivity index (χ1v) is 8.74. The molecule has 136 valence electrons. The standard InChI is InChI=1S/C17H25N5O3/c1-3-15-18-11(2)12(19-15)10-21-7-4-13(14(23)5-8-21)22-9-6-16(24)20-17(22)25/h6,9,13-14,23H,3-5,7-8,10H2,1-2H3,(H,18,19)(H,20,24,25)/t13-,14-/m0/s1. The fourth-order valence-electron chi connectivity index (χ4n) is 3.39. The van der Waals surface area contributed by atoms with Gasteiger partial charge in [-0.3, -0.25) is 19.2 Å². The summed E-state index contributed by atoms with van der Waals surface area (Å²) < 4.78 is 1.44. The Bertz CT molecular complexity index is 837. The first-order chi connectivity index (χ1) is 12.0. The van der Waals surface area contributed by atoms with Crippen molar-refractivity contribution in [3.63, 3.8) is 0 Å². The fourth-order valence-corrected chi connectivity index (χ4v) is 3.39. The number of aliphatic hydroxyl groups is 1.